The van der Waals surface area contributed by atoms with Gasteiger partial charge in [-0.3, -0.25) is 0 Å². The minimum Gasteiger partial charge on any atom is -0.391 e. The van der Waals surface area contributed by atoms with Crippen LogP contribution in [-0.2, 0) is 12.8 Å². The second-order valence-corrected chi connectivity index (χ2v) is 3.18. The number of thiophene rings is 1. The van der Waals surface area contributed by atoms with Crippen molar-refractivity contribution in [3.8, 4) is 0 Å². The molecule has 12 heavy (non-hydrogen) atoms. The van der Waals surface area contributed by atoms with E-state index in [0.717, 1.165) is 0 Å². The largest absolute Gasteiger partial charge is 0.428 e. The maximum atomic E-state index is 12.5. The van der Waals surface area contributed by atoms with Crippen molar-refractivity contribution in [1.29, 1.82) is 0 Å². The van der Waals surface area contributed by atoms with Gasteiger partial charge in [0, 0.05) is 4.88 Å². The molecule has 1 aromatic heterocycles. The fraction of sp³-hybridized carbons (Fsp3) is 0.333. The molecule has 0 radical (unpaired) electrons. The Hall–Kier alpha value is -0.620. The van der Waals surface area contributed by atoms with Gasteiger partial charge in [-0.25, -0.2) is 4.39 Å². The van der Waals surface area contributed by atoms with Gasteiger partial charge in [0.1, 0.15) is 10.7 Å². The van der Waals surface area contributed by atoms with Crippen LogP contribution >= 0.6 is 11.3 Å². The van der Waals surface area contributed by atoms with Crippen LogP contribution in [0.2, 0.25) is 0 Å². The zero-order chi connectivity index (χ0) is 9.35. The molecular formula is C6H4F4OS. The summed E-state index contributed by atoms with van der Waals surface area (Å²) in [5.74, 6) is -1.32. The molecule has 0 bridgehead atoms. The highest BCUT2D eigenvalue weighted by Crippen LogP contribution is 2.36. The van der Waals surface area contributed by atoms with Crippen LogP contribution < -0.4 is 0 Å². The Morgan fingerprint density at radius 3 is 2.25 bits per heavy atom. The average molecular weight is 200 g/mol. The Labute approximate surface area is 69.3 Å². The normalized spacial score (nSPS) is 12.1. The van der Waals surface area contributed by atoms with E-state index in [1.807, 2.05) is 0 Å². The van der Waals surface area contributed by atoms with E-state index in [0.29, 0.717) is 6.07 Å². The maximum absolute atomic E-state index is 12.5. The summed E-state index contributed by atoms with van der Waals surface area (Å²) in [7, 11) is 0. The number of hydrogen-bond acceptors (Lipinski definition) is 2. The van der Waals surface area contributed by atoms with Crippen LogP contribution in [0.25, 0.3) is 0 Å². The molecule has 68 valence electrons. The van der Waals surface area contributed by atoms with Crippen molar-refractivity contribution in [2.75, 3.05) is 0 Å². The molecule has 0 unspecified atom stereocenters. The molecule has 1 heterocycles. The molecule has 0 aliphatic carbocycles. The molecular weight excluding hydrogens is 196 g/mol. The van der Waals surface area contributed by atoms with E-state index >= 15 is 0 Å². The van der Waals surface area contributed by atoms with Gasteiger partial charge in [-0.15, -0.1) is 11.3 Å². The third-order valence-electron chi connectivity index (χ3n) is 1.15. The van der Waals surface area contributed by atoms with E-state index in [9.17, 15) is 17.6 Å². The van der Waals surface area contributed by atoms with Crippen LogP contribution in [0.4, 0.5) is 17.6 Å². The smallest absolute Gasteiger partial charge is 0.391 e. The van der Waals surface area contributed by atoms with Crippen LogP contribution in [0.5, 0.6) is 0 Å². The SMILES string of the molecule is OCc1cc(F)c(C(F)(F)F)s1. The minimum absolute atomic E-state index is 0.0279. The monoisotopic (exact) mass is 200 g/mol. The van der Waals surface area contributed by atoms with Crippen LogP contribution in [-0.4, -0.2) is 5.11 Å². The van der Waals surface area contributed by atoms with Gasteiger partial charge in [-0.2, -0.15) is 13.2 Å². The molecule has 6 heteroatoms. The van der Waals surface area contributed by atoms with E-state index in [1.165, 1.54) is 0 Å². The highest BCUT2D eigenvalue weighted by atomic mass is 32.1. The number of alkyl halides is 3. The first-order valence-corrected chi connectivity index (χ1v) is 3.73. The quantitative estimate of drug-likeness (QED) is 0.690. The van der Waals surface area contributed by atoms with Crippen molar-refractivity contribution in [3.05, 3.63) is 21.6 Å². The Morgan fingerprint density at radius 2 is 2.00 bits per heavy atom. The molecule has 0 saturated carbocycles. The van der Waals surface area contributed by atoms with Gasteiger partial charge in [-0.05, 0) is 6.07 Å². The first-order chi connectivity index (χ1) is 5.45. The number of halogens is 4. The molecule has 1 N–H and O–H groups in total. The van der Waals surface area contributed by atoms with Crippen LogP contribution in [0.1, 0.15) is 9.75 Å². The summed E-state index contributed by atoms with van der Waals surface area (Å²) in [5.41, 5.74) is 0. The van der Waals surface area contributed by atoms with E-state index in [4.69, 9.17) is 5.11 Å². The van der Waals surface area contributed by atoms with Crippen molar-refractivity contribution in [1.82, 2.24) is 0 Å². The van der Waals surface area contributed by atoms with Gasteiger partial charge >= 0.3 is 6.18 Å². The van der Waals surface area contributed by atoms with Crippen molar-refractivity contribution in [3.63, 3.8) is 0 Å². The summed E-state index contributed by atoms with van der Waals surface area (Å²) in [6.45, 7) is -0.572. The molecule has 1 aromatic rings. The van der Waals surface area contributed by atoms with Gasteiger partial charge in [0.15, 0.2) is 0 Å². The van der Waals surface area contributed by atoms with Gasteiger partial charge in [0.05, 0.1) is 6.61 Å². The van der Waals surface area contributed by atoms with E-state index in [1.54, 1.807) is 0 Å². The summed E-state index contributed by atoms with van der Waals surface area (Å²) in [4.78, 5) is -1.31. The Kier molecular flexibility index (Phi) is 2.39. The number of rotatable bonds is 1. The molecule has 0 saturated heterocycles. The summed E-state index contributed by atoms with van der Waals surface area (Å²) in [5, 5.41) is 8.42. The summed E-state index contributed by atoms with van der Waals surface area (Å²) in [6, 6.07) is 0.688. The first-order valence-electron chi connectivity index (χ1n) is 2.91. The van der Waals surface area contributed by atoms with Gasteiger partial charge < -0.3 is 5.11 Å². The molecule has 0 fully saturated rings. The predicted octanol–water partition coefficient (Wildman–Crippen LogP) is 2.40. The van der Waals surface area contributed by atoms with E-state index < -0.39 is 23.5 Å². The number of hydrogen-bond donors (Lipinski definition) is 1. The highest BCUT2D eigenvalue weighted by molar-refractivity contribution is 7.12. The summed E-state index contributed by atoms with van der Waals surface area (Å²) >= 11 is 0.216. The highest BCUT2D eigenvalue weighted by Gasteiger charge is 2.36. The fourth-order valence-corrected chi connectivity index (χ4v) is 1.45. The minimum atomic E-state index is -4.66. The van der Waals surface area contributed by atoms with Gasteiger partial charge in [0.25, 0.3) is 0 Å². The lowest BCUT2D eigenvalue weighted by Crippen LogP contribution is -2.03. The van der Waals surface area contributed by atoms with Crippen LogP contribution in [0, 0.1) is 5.82 Å². The van der Waals surface area contributed by atoms with Crippen LogP contribution in [0.15, 0.2) is 6.07 Å². The first kappa shape index (κ1) is 9.47. The molecule has 0 aliphatic rings. The van der Waals surface area contributed by atoms with E-state index in [-0.39, 0.29) is 16.2 Å². The molecule has 1 nitrogen and oxygen atoms in total. The van der Waals surface area contributed by atoms with E-state index in [2.05, 4.69) is 0 Å². The zero-order valence-electron chi connectivity index (χ0n) is 5.65. The Bertz CT molecular complexity index is 278. The summed E-state index contributed by atoms with van der Waals surface area (Å²) < 4.78 is 48.1. The third kappa shape index (κ3) is 1.75. The molecule has 0 aliphatic heterocycles. The lowest BCUT2D eigenvalue weighted by atomic mass is 10.4. The van der Waals surface area contributed by atoms with Gasteiger partial charge in [0.2, 0.25) is 0 Å². The lowest BCUT2D eigenvalue weighted by Gasteiger charge is -2.01. The topological polar surface area (TPSA) is 20.2 Å². The molecule has 0 atom stereocenters. The second kappa shape index (κ2) is 3.02. The fourth-order valence-electron chi connectivity index (χ4n) is 0.687. The number of aliphatic hydroxyl groups is 1. The molecule has 0 spiro atoms. The third-order valence-corrected chi connectivity index (χ3v) is 2.29. The lowest BCUT2D eigenvalue weighted by molar-refractivity contribution is -0.136. The van der Waals surface area contributed by atoms with Gasteiger partial charge in [-0.1, -0.05) is 0 Å². The second-order valence-electron chi connectivity index (χ2n) is 2.05. The van der Waals surface area contributed by atoms with Crippen molar-refractivity contribution >= 4 is 11.3 Å². The Balaban J connectivity index is 3.08. The standard InChI is InChI=1S/C6H4F4OS/c7-4-1-3(2-11)12-5(4)6(8,9)10/h1,11H,2H2. The average Bonchev–Trinajstić information content (AvgIpc) is 2.29. The molecule has 0 amide bonds. The zero-order valence-corrected chi connectivity index (χ0v) is 6.47. The molecule has 0 aromatic carbocycles. The van der Waals surface area contributed by atoms with Crippen LogP contribution in [0.3, 0.4) is 0 Å². The Morgan fingerprint density at radius 1 is 1.42 bits per heavy atom. The number of aliphatic hydroxyl groups excluding tert-OH is 1. The molecule has 1 rings (SSSR count). The van der Waals surface area contributed by atoms with Crippen molar-refractivity contribution < 1.29 is 22.7 Å². The maximum Gasteiger partial charge on any atom is 0.428 e. The van der Waals surface area contributed by atoms with Crippen molar-refractivity contribution in [2.45, 2.75) is 12.8 Å². The van der Waals surface area contributed by atoms with Crippen molar-refractivity contribution in [2.24, 2.45) is 0 Å². The summed E-state index contributed by atoms with van der Waals surface area (Å²) in [6.07, 6.45) is -4.66. The predicted molar refractivity (Wildman–Crippen MR) is 35.2 cm³/mol.